The number of hydrogen-bond acceptors (Lipinski definition) is 5. The van der Waals surface area contributed by atoms with E-state index >= 15 is 0 Å². The van der Waals surface area contributed by atoms with Gasteiger partial charge in [0, 0.05) is 33.3 Å². The highest BCUT2D eigenvalue weighted by Gasteiger charge is 2.20. The summed E-state index contributed by atoms with van der Waals surface area (Å²) in [5.74, 6) is 0.0184. The molecule has 0 saturated carbocycles. The van der Waals surface area contributed by atoms with Gasteiger partial charge in [0.25, 0.3) is 0 Å². The summed E-state index contributed by atoms with van der Waals surface area (Å²) in [4.78, 5) is 13.8. The molecule has 1 atom stereocenters. The average molecular weight is 245 g/mol. The van der Waals surface area contributed by atoms with Crippen LogP contribution in [0.1, 0.15) is 0 Å². The Morgan fingerprint density at radius 2 is 2.41 bits per heavy atom. The minimum Gasteiger partial charge on any atom is -0.383 e. The summed E-state index contributed by atoms with van der Waals surface area (Å²) in [7, 11) is 3.69. The van der Waals surface area contributed by atoms with Crippen LogP contribution >= 0.6 is 0 Å². The second kappa shape index (κ2) is 8.41. The summed E-state index contributed by atoms with van der Waals surface area (Å²) in [5, 5.41) is 6.02. The largest absolute Gasteiger partial charge is 0.383 e. The number of amides is 1. The summed E-state index contributed by atoms with van der Waals surface area (Å²) in [5.41, 5.74) is 0. The number of hydrogen-bond donors (Lipinski definition) is 2. The summed E-state index contributed by atoms with van der Waals surface area (Å²) in [6.07, 6.45) is 0. The molecule has 1 amide bonds. The zero-order valence-electron chi connectivity index (χ0n) is 10.7. The Hall–Kier alpha value is -0.690. The molecular weight excluding hydrogens is 222 g/mol. The SMILES string of the molecule is COCCN(C)CCNC(=O)C1COCCN1. The van der Waals surface area contributed by atoms with Crippen molar-refractivity contribution in [1.82, 2.24) is 15.5 Å². The highest BCUT2D eigenvalue weighted by Crippen LogP contribution is 1.92. The third-order valence-corrected chi connectivity index (χ3v) is 2.71. The standard InChI is InChI=1S/C11H23N3O3/c1-14(6-8-16-2)5-3-13-11(15)10-9-17-7-4-12-10/h10,12H,3-9H2,1-2H3,(H,13,15). The Morgan fingerprint density at radius 3 is 3.06 bits per heavy atom. The number of carbonyl (C=O) groups excluding carboxylic acids is 1. The molecule has 1 saturated heterocycles. The minimum atomic E-state index is -0.201. The maximum Gasteiger partial charge on any atom is 0.239 e. The molecule has 0 aromatic heterocycles. The highest BCUT2D eigenvalue weighted by molar-refractivity contribution is 5.81. The van der Waals surface area contributed by atoms with Gasteiger partial charge in [0.15, 0.2) is 0 Å². The number of nitrogens with zero attached hydrogens (tertiary/aromatic N) is 1. The molecule has 1 unspecified atom stereocenters. The highest BCUT2D eigenvalue weighted by atomic mass is 16.5. The molecule has 0 aliphatic carbocycles. The monoisotopic (exact) mass is 245 g/mol. The Balaban J connectivity index is 2.06. The maximum absolute atomic E-state index is 11.7. The van der Waals surface area contributed by atoms with Crippen LogP contribution in [0.2, 0.25) is 0 Å². The first-order valence-electron chi connectivity index (χ1n) is 6.00. The third-order valence-electron chi connectivity index (χ3n) is 2.71. The number of nitrogens with one attached hydrogen (secondary N) is 2. The van der Waals surface area contributed by atoms with Crippen LogP contribution in [-0.4, -0.2) is 77.0 Å². The smallest absolute Gasteiger partial charge is 0.239 e. The van der Waals surface area contributed by atoms with E-state index < -0.39 is 0 Å². The third kappa shape index (κ3) is 5.97. The topological polar surface area (TPSA) is 62.8 Å². The lowest BCUT2D eigenvalue weighted by molar-refractivity contribution is -0.125. The molecule has 0 bridgehead atoms. The zero-order valence-corrected chi connectivity index (χ0v) is 10.7. The summed E-state index contributed by atoms with van der Waals surface area (Å²) >= 11 is 0. The number of methoxy groups -OCH3 is 1. The van der Waals surface area contributed by atoms with Gasteiger partial charge in [0.1, 0.15) is 6.04 Å². The van der Waals surface area contributed by atoms with E-state index in [9.17, 15) is 4.79 Å². The van der Waals surface area contributed by atoms with E-state index in [4.69, 9.17) is 9.47 Å². The van der Waals surface area contributed by atoms with E-state index in [1.807, 2.05) is 7.05 Å². The second-order valence-corrected chi connectivity index (χ2v) is 4.17. The molecule has 1 fully saturated rings. The normalized spacial score (nSPS) is 20.5. The van der Waals surface area contributed by atoms with Crippen LogP contribution in [0.3, 0.4) is 0 Å². The fourth-order valence-corrected chi connectivity index (χ4v) is 1.59. The van der Waals surface area contributed by atoms with Gasteiger partial charge in [-0.1, -0.05) is 0 Å². The molecule has 0 spiro atoms. The van der Waals surface area contributed by atoms with Gasteiger partial charge in [-0.25, -0.2) is 0 Å². The molecular formula is C11H23N3O3. The lowest BCUT2D eigenvalue weighted by Crippen LogP contribution is -2.52. The number of likely N-dealkylation sites (N-methyl/N-ethyl adjacent to an activating group) is 1. The number of carbonyl (C=O) groups is 1. The van der Waals surface area contributed by atoms with E-state index in [0.717, 1.165) is 19.6 Å². The Labute approximate surface area is 103 Å². The Morgan fingerprint density at radius 1 is 1.59 bits per heavy atom. The second-order valence-electron chi connectivity index (χ2n) is 4.17. The molecule has 1 aliphatic rings. The van der Waals surface area contributed by atoms with Crippen LogP contribution in [-0.2, 0) is 14.3 Å². The molecule has 1 aliphatic heterocycles. The molecule has 6 heteroatoms. The van der Waals surface area contributed by atoms with Crippen molar-refractivity contribution >= 4 is 5.91 Å². The van der Waals surface area contributed by atoms with Crippen molar-refractivity contribution < 1.29 is 14.3 Å². The lowest BCUT2D eigenvalue weighted by atomic mass is 10.2. The Kier molecular flexibility index (Phi) is 7.11. The van der Waals surface area contributed by atoms with Gasteiger partial charge in [-0.3, -0.25) is 4.79 Å². The van der Waals surface area contributed by atoms with Gasteiger partial charge in [0.05, 0.1) is 19.8 Å². The van der Waals surface area contributed by atoms with Crippen LogP contribution in [0.4, 0.5) is 0 Å². The first kappa shape index (κ1) is 14.4. The molecule has 1 rings (SSSR count). The first-order valence-corrected chi connectivity index (χ1v) is 6.00. The molecule has 6 nitrogen and oxygen atoms in total. The van der Waals surface area contributed by atoms with E-state index in [0.29, 0.717) is 26.4 Å². The van der Waals surface area contributed by atoms with Crippen LogP contribution < -0.4 is 10.6 Å². The fourth-order valence-electron chi connectivity index (χ4n) is 1.59. The lowest BCUT2D eigenvalue weighted by Gasteiger charge is -2.23. The summed E-state index contributed by atoms with van der Waals surface area (Å²) in [6.45, 7) is 4.94. The van der Waals surface area contributed by atoms with Crippen molar-refractivity contribution in [3.8, 4) is 0 Å². The van der Waals surface area contributed by atoms with Crippen molar-refractivity contribution in [2.45, 2.75) is 6.04 Å². The maximum atomic E-state index is 11.7. The van der Waals surface area contributed by atoms with Gasteiger partial charge in [-0.2, -0.15) is 0 Å². The average Bonchev–Trinajstić information content (AvgIpc) is 2.37. The van der Waals surface area contributed by atoms with Crippen LogP contribution in [0, 0.1) is 0 Å². The molecule has 0 aromatic rings. The van der Waals surface area contributed by atoms with Crippen LogP contribution in [0.5, 0.6) is 0 Å². The fraction of sp³-hybridized carbons (Fsp3) is 0.909. The number of ether oxygens (including phenoxy) is 2. The Bertz CT molecular complexity index is 220. The van der Waals surface area contributed by atoms with E-state index in [1.54, 1.807) is 7.11 Å². The van der Waals surface area contributed by atoms with Crippen molar-refractivity contribution in [3.05, 3.63) is 0 Å². The van der Waals surface area contributed by atoms with Crippen LogP contribution in [0.25, 0.3) is 0 Å². The predicted octanol–water partition coefficient (Wildman–Crippen LogP) is -1.33. The van der Waals surface area contributed by atoms with Gasteiger partial charge in [-0.05, 0) is 7.05 Å². The summed E-state index contributed by atoms with van der Waals surface area (Å²) in [6, 6.07) is -0.201. The van der Waals surface area contributed by atoms with Crippen molar-refractivity contribution in [3.63, 3.8) is 0 Å². The zero-order chi connectivity index (χ0) is 12.5. The van der Waals surface area contributed by atoms with Gasteiger partial charge in [0.2, 0.25) is 5.91 Å². The number of morpholine rings is 1. The van der Waals surface area contributed by atoms with Gasteiger partial charge >= 0.3 is 0 Å². The van der Waals surface area contributed by atoms with Crippen molar-refractivity contribution in [2.75, 3.05) is 60.2 Å². The minimum absolute atomic E-state index is 0.0184. The molecule has 1 heterocycles. The van der Waals surface area contributed by atoms with Crippen molar-refractivity contribution in [2.24, 2.45) is 0 Å². The quantitative estimate of drug-likeness (QED) is 0.582. The number of rotatable bonds is 7. The van der Waals surface area contributed by atoms with Gasteiger partial charge in [-0.15, -0.1) is 0 Å². The first-order chi connectivity index (χ1) is 8.24. The molecule has 0 radical (unpaired) electrons. The van der Waals surface area contributed by atoms with Crippen LogP contribution in [0.15, 0.2) is 0 Å². The molecule has 17 heavy (non-hydrogen) atoms. The molecule has 100 valence electrons. The van der Waals surface area contributed by atoms with E-state index in [2.05, 4.69) is 15.5 Å². The summed E-state index contributed by atoms with van der Waals surface area (Å²) < 4.78 is 10.2. The molecule has 0 aromatic carbocycles. The molecule has 2 N–H and O–H groups in total. The van der Waals surface area contributed by atoms with E-state index in [-0.39, 0.29) is 11.9 Å². The van der Waals surface area contributed by atoms with Crippen molar-refractivity contribution in [1.29, 1.82) is 0 Å². The predicted molar refractivity (Wildman–Crippen MR) is 65.0 cm³/mol. The van der Waals surface area contributed by atoms with E-state index in [1.165, 1.54) is 0 Å². The van der Waals surface area contributed by atoms with Gasteiger partial charge < -0.3 is 25.0 Å².